The molecule has 0 radical (unpaired) electrons. The normalized spacial score (nSPS) is 14.7. The summed E-state index contributed by atoms with van der Waals surface area (Å²) in [5, 5.41) is 0.553. The molecule has 1 atom stereocenters. The Morgan fingerprint density at radius 2 is 1.73 bits per heavy atom. The van der Waals surface area contributed by atoms with E-state index in [1.807, 2.05) is 22.9 Å². The van der Waals surface area contributed by atoms with E-state index in [1.54, 1.807) is 12.3 Å². The molecular weight excluding hydrogens is 434 g/mol. The second kappa shape index (κ2) is 9.28. The molecule has 1 aliphatic heterocycles. The van der Waals surface area contributed by atoms with Gasteiger partial charge >= 0.3 is 0 Å². The zero-order valence-corrected chi connectivity index (χ0v) is 19.3. The molecule has 0 aliphatic carbocycles. The summed E-state index contributed by atoms with van der Waals surface area (Å²) in [6.45, 7) is 3.22. The maximum atomic E-state index is 12.9. The van der Waals surface area contributed by atoms with E-state index in [1.165, 1.54) is 11.1 Å². The fourth-order valence-corrected chi connectivity index (χ4v) is 4.90. The summed E-state index contributed by atoms with van der Waals surface area (Å²) in [6, 6.07) is 22.5. The molecule has 5 rings (SSSR count). The van der Waals surface area contributed by atoms with Gasteiger partial charge in [0.25, 0.3) is 0 Å². The second-order valence-corrected chi connectivity index (χ2v) is 8.74. The maximum Gasteiger partial charge on any atom is 0.224 e. The average molecular weight is 460 g/mol. The number of hydrogen-bond donors (Lipinski definition) is 0. The number of pyridine rings is 1. The number of fused-ring (bicyclic) bond motifs is 3. The lowest BCUT2D eigenvalue weighted by Crippen LogP contribution is -2.31. The third kappa shape index (κ3) is 3.98. The van der Waals surface area contributed by atoms with Crippen LogP contribution in [0, 0.1) is 0 Å². The monoisotopic (exact) mass is 459 g/mol. The average Bonchev–Trinajstić information content (AvgIpc) is 3.22. The molecule has 0 saturated carbocycles. The molecule has 0 unspecified atom stereocenters. The van der Waals surface area contributed by atoms with Gasteiger partial charge in [0.15, 0.2) is 11.6 Å². The van der Waals surface area contributed by atoms with Crippen molar-refractivity contribution in [2.45, 2.75) is 38.3 Å². The molecule has 4 aromatic rings. The summed E-state index contributed by atoms with van der Waals surface area (Å²) in [6.07, 6.45) is 5.39. The largest absolute Gasteiger partial charge is 0.487 e. The van der Waals surface area contributed by atoms with Gasteiger partial charge in [-0.15, -0.1) is 0 Å². The standard InChI is InChI=1S/C27H26ClN3O2/c1-2-3-16-33-26-22(32)14-15-30-21(18-31-23(28)17-29-27(31)25(26)30)24(19-10-6-4-7-11-19)20-12-8-5-9-13-20/h4-15,17,21,24H,2-3,16,18H2,1H3/t21-/m1/s1. The van der Waals surface area contributed by atoms with E-state index in [-0.39, 0.29) is 17.4 Å². The molecule has 1 aliphatic rings. The minimum Gasteiger partial charge on any atom is -0.487 e. The van der Waals surface area contributed by atoms with Gasteiger partial charge in [-0.25, -0.2) is 4.98 Å². The van der Waals surface area contributed by atoms with E-state index in [9.17, 15) is 4.79 Å². The number of hydrogen-bond acceptors (Lipinski definition) is 3. The van der Waals surface area contributed by atoms with Crippen molar-refractivity contribution in [3.63, 3.8) is 0 Å². The third-order valence-electron chi connectivity index (χ3n) is 6.28. The zero-order chi connectivity index (χ0) is 22.8. The highest BCUT2D eigenvalue weighted by molar-refractivity contribution is 6.29. The number of aromatic nitrogens is 3. The lowest BCUT2D eigenvalue weighted by atomic mass is 9.84. The van der Waals surface area contributed by atoms with Gasteiger partial charge in [0.05, 0.1) is 18.8 Å². The molecular formula is C27H26ClN3O2. The Balaban J connectivity index is 1.72. The van der Waals surface area contributed by atoms with Gasteiger partial charge in [0.1, 0.15) is 10.8 Å². The van der Waals surface area contributed by atoms with Gasteiger partial charge in [0, 0.05) is 24.7 Å². The number of benzene rings is 2. The van der Waals surface area contributed by atoms with Crippen molar-refractivity contribution in [1.29, 1.82) is 0 Å². The van der Waals surface area contributed by atoms with Crippen molar-refractivity contribution in [2.75, 3.05) is 6.61 Å². The van der Waals surface area contributed by atoms with Gasteiger partial charge in [-0.2, -0.15) is 0 Å². The fraction of sp³-hybridized carbons (Fsp3) is 0.259. The van der Waals surface area contributed by atoms with Gasteiger partial charge in [-0.3, -0.25) is 4.79 Å². The summed E-state index contributed by atoms with van der Waals surface area (Å²) in [5.41, 5.74) is 2.95. The van der Waals surface area contributed by atoms with Crippen LogP contribution in [0.4, 0.5) is 0 Å². The molecule has 0 saturated heterocycles. The first-order chi connectivity index (χ1) is 16.2. The van der Waals surface area contributed by atoms with Crippen molar-refractivity contribution in [1.82, 2.24) is 14.1 Å². The van der Waals surface area contributed by atoms with Crippen LogP contribution in [0.5, 0.6) is 5.75 Å². The van der Waals surface area contributed by atoms with E-state index >= 15 is 0 Å². The molecule has 0 spiro atoms. The third-order valence-corrected chi connectivity index (χ3v) is 6.58. The number of ether oxygens (including phenoxy) is 1. The Morgan fingerprint density at radius 3 is 2.36 bits per heavy atom. The van der Waals surface area contributed by atoms with Crippen LogP contribution in [-0.4, -0.2) is 20.7 Å². The van der Waals surface area contributed by atoms with Crippen molar-refractivity contribution in [2.24, 2.45) is 0 Å². The van der Waals surface area contributed by atoms with Crippen LogP contribution in [0.2, 0.25) is 5.15 Å². The van der Waals surface area contributed by atoms with Crippen LogP contribution < -0.4 is 10.2 Å². The van der Waals surface area contributed by atoms with Crippen molar-refractivity contribution in [3.8, 4) is 17.3 Å². The first-order valence-electron chi connectivity index (χ1n) is 11.4. The van der Waals surface area contributed by atoms with Gasteiger partial charge in [-0.1, -0.05) is 85.6 Å². The fourth-order valence-electron chi connectivity index (χ4n) is 4.70. The molecule has 2 aromatic carbocycles. The quantitative estimate of drug-likeness (QED) is 0.322. The molecule has 0 N–H and O–H groups in total. The molecule has 168 valence electrons. The number of unbranched alkanes of at least 4 members (excludes halogenated alkanes) is 1. The van der Waals surface area contributed by atoms with Gasteiger partial charge in [0.2, 0.25) is 5.43 Å². The summed E-state index contributed by atoms with van der Waals surface area (Å²) in [7, 11) is 0. The highest BCUT2D eigenvalue weighted by atomic mass is 35.5. The van der Waals surface area contributed by atoms with E-state index in [0.717, 1.165) is 12.8 Å². The molecule has 5 nitrogen and oxygen atoms in total. The molecule has 33 heavy (non-hydrogen) atoms. The smallest absolute Gasteiger partial charge is 0.224 e. The number of nitrogens with zero attached hydrogens (tertiary/aromatic N) is 3. The molecule has 0 amide bonds. The Labute approximate surface area is 198 Å². The second-order valence-electron chi connectivity index (χ2n) is 8.35. The van der Waals surface area contributed by atoms with Crippen LogP contribution in [-0.2, 0) is 6.54 Å². The molecule has 2 aromatic heterocycles. The first kappa shape index (κ1) is 21.5. The van der Waals surface area contributed by atoms with E-state index in [2.05, 4.69) is 65.0 Å². The number of halogens is 1. The molecule has 0 fully saturated rings. The SMILES string of the molecule is CCCCOc1c2n(ccc1=O)[C@@H](C(c1ccccc1)c1ccccc1)Cn1c(Cl)cnc1-2. The van der Waals surface area contributed by atoms with Crippen molar-refractivity contribution < 1.29 is 4.74 Å². The van der Waals surface area contributed by atoms with Crippen molar-refractivity contribution in [3.05, 3.63) is 106 Å². The lowest BCUT2D eigenvalue weighted by Gasteiger charge is -2.36. The Morgan fingerprint density at radius 1 is 1.06 bits per heavy atom. The maximum absolute atomic E-state index is 12.9. The molecule has 3 heterocycles. The molecule has 6 heteroatoms. The van der Waals surface area contributed by atoms with Crippen LogP contribution in [0.1, 0.15) is 42.9 Å². The predicted molar refractivity (Wildman–Crippen MR) is 131 cm³/mol. The summed E-state index contributed by atoms with van der Waals surface area (Å²) < 4.78 is 10.2. The Bertz CT molecular complexity index is 1260. The van der Waals surface area contributed by atoms with Crippen molar-refractivity contribution >= 4 is 11.6 Å². The Kier molecular flexibility index (Phi) is 6.05. The minimum absolute atomic E-state index is 0.0295. The van der Waals surface area contributed by atoms with Crippen LogP contribution in [0.15, 0.2) is 83.9 Å². The van der Waals surface area contributed by atoms with E-state index in [4.69, 9.17) is 16.3 Å². The summed E-state index contributed by atoms with van der Waals surface area (Å²) >= 11 is 6.58. The topological polar surface area (TPSA) is 49.0 Å². The minimum atomic E-state index is -0.139. The van der Waals surface area contributed by atoms with Crippen LogP contribution in [0.3, 0.4) is 0 Å². The highest BCUT2D eigenvalue weighted by Gasteiger charge is 2.35. The summed E-state index contributed by atoms with van der Waals surface area (Å²) in [4.78, 5) is 17.5. The number of imidazole rings is 1. The van der Waals surface area contributed by atoms with E-state index < -0.39 is 0 Å². The zero-order valence-electron chi connectivity index (χ0n) is 18.5. The predicted octanol–water partition coefficient (Wildman–Crippen LogP) is 5.93. The molecule has 0 bridgehead atoms. The lowest BCUT2D eigenvalue weighted by molar-refractivity contribution is 0.297. The summed E-state index contributed by atoms with van der Waals surface area (Å²) in [5.74, 6) is 1.06. The van der Waals surface area contributed by atoms with E-state index in [0.29, 0.717) is 35.6 Å². The van der Waals surface area contributed by atoms with Crippen LogP contribution >= 0.6 is 11.6 Å². The first-order valence-corrected chi connectivity index (χ1v) is 11.8. The van der Waals surface area contributed by atoms with Gasteiger partial charge < -0.3 is 13.9 Å². The number of rotatable bonds is 7. The van der Waals surface area contributed by atoms with Crippen LogP contribution in [0.25, 0.3) is 11.5 Å². The Hall–Kier alpha value is -3.31. The van der Waals surface area contributed by atoms with Gasteiger partial charge in [-0.05, 0) is 17.5 Å². The highest BCUT2D eigenvalue weighted by Crippen LogP contribution is 2.44.